The Morgan fingerprint density at radius 1 is 1.43 bits per heavy atom. The molecule has 4 nitrogen and oxygen atoms in total. The topological polar surface area (TPSA) is 50.4 Å². The first-order valence-electron chi connectivity index (χ1n) is 6.75. The fourth-order valence-electron chi connectivity index (χ4n) is 2.39. The number of rotatable bonds is 3. The lowest BCUT2D eigenvalue weighted by atomic mass is 9.92. The van der Waals surface area contributed by atoms with E-state index in [1.165, 1.54) is 18.2 Å². The van der Waals surface area contributed by atoms with Crippen LogP contribution >= 0.6 is 0 Å². The average molecular weight is 302 g/mol. The molecule has 0 spiro atoms. The highest BCUT2D eigenvalue weighted by molar-refractivity contribution is 5.95. The molecule has 1 aromatic carbocycles. The first-order chi connectivity index (χ1) is 9.85. The third-order valence-corrected chi connectivity index (χ3v) is 3.39. The summed E-state index contributed by atoms with van der Waals surface area (Å²) < 4.78 is 40.3. The second-order valence-corrected chi connectivity index (χ2v) is 5.12. The van der Waals surface area contributed by atoms with Crippen molar-refractivity contribution in [2.24, 2.45) is 5.92 Å². The van der Waals surface area contributed by atoms with Gasteiger partial charge in [-0.3, -0.25) is 4.79 Å². The monoisotopic (exact) mass is 302 g/mol. The minimum Gasteiger partial charge on any atom is -0.406 e. The summed E-state index contributed by atoms with van der Waals surface area (Å²) >= 11 is 0. The van der Waals surface area contributed by atoms with Gasteiger partial charge in [-0.2, -0.15) is 0 Å². The summed E-state index contributed by atoms with van der Waals surface area (Å²) in [7, 11) is 0. The van der Waals surface area contributed by atoms with E-state index in [1.807, 2.05) is 6.92 Å². The van der Waals surface area contributed by atoms with Crippen molar-refractivity contribution < 1.29 is 22.7 Å². The van der Waals surface area contributed by atoms with E-state index < -0.39 is 6.36 Å². The molecule has 2 rings (SSSR count). The number of anilines is 1. The van der Waals surface area contributed by atoms with Gasteiger partial charge < -0.3 is 15.4 Å². The van der Waals surface area contributed by atoms with Crippen LogP contribution in [0.25, 0.3) is 0 Å². The Balaban J connectivity index is 2.02. The van der Waals surface area contributed by atoms with Crippen LogP contribution in [0, 0.1) is 5.92 Å². The summed E-state index contributed by atoms with van der Waals surface area (Å²) in [4.78, 5) is 12.1. The van der Waals surface area contributed by atoms with Crippen molar-refractivity contribution in [2.45, 2.75) is 32.2 Å². The number of hydrogen-bond donors (Lipinski definition) is 2. The van der Waals surface area contributed by atoms with Crippen LogP contribution in [0.5, 0.6) is 5.75 Å². The van der Waals surface area contributed by atoms with Crippen LogP contribution in [0.3, 0.4) is 0 Å². The van der Waals surface area contributed by atoms with Crippen molar-refractivity contribution in [3.05, 3.63) is 24.3 Å². The molecule has 0 saturated carbocycles. The van der Waals surface area contributed by atoms with Gasteiger partial charge in [0.1, 0.15) is 5.75 Å². The van der Waals surface area contributed by atoms with E-state index in [0.29, 0.717) is 0 Å². The Labute approximate surface area is 120 Å². The van der Waals surface area contributed by atoms with E-state index in [4.69, 9.17) is 0 Å². The highest BCUT2D eigenvalue weighted by Crippen LogP contribution is 2.25. The van der Waals surface area contributed by atoms with Gasteiger partial charge in [-0.15, -0.1) is 13.2 Å². The molecule has 2 atom stereocenters. The third kappa shape index (κ3) is 4.63. The van der Waals surface area contributed by atoms with Gasteiger partial charge in [0.05, 0.1) is 6.04 Å². The molecular weight excluding hydrogens is 285 g/mol. The van der Waals surface area contributed by atoms with Crippen LogP contribution in [-0.2, 0) is 4.79 Å². The number of halogens is 3. The van der Waals surface area contributed by atoms with E-state index in [2.05, 4.69) is 15.4 Å². The number of hydrogen-bond acceptors (Lipinski definition) is 3. The number of carbonyl (C=O) groups is 1. The lowest BCUT2D eigenvalue weighted by molar-refractivity contribution is -0.274. The first-order valence-corrected chi connectivity index (χ1v) is 6.75. The normalized spacial score (nSPS) is 22.7. The Bertz CT molecular complexity index is 505. The first kappa shape index (κ1) is 15.6. The second kappa shape index (κ2) is 6.34. The fraction of sp³-hybridized carbons (Fsp3) is 0.500. The Kier molecular flexibility index (Phi) is 4.72. The van der Waals surface area contributed by atoms with Crippen LogP contribution in [-0.4, -0.2) is 24.9 Å². The van der Waals surface area contributed by atoms with Gasteiger partial charge in [0.2, 0.25) is 5.91 Å². The number of ether oxygens (including phenoxy) is 1. The largest absolute Gasteiger partial charge is 0.573 e. The zero-order valence-electron chi connectivity index (χ0n) is 11.5. The van der Waals surface area contributed by atoms with E-state index in [-0.39, 0.29) is 29.3 Å². The van der Waals surface area contributed by atoms with Crippen LogP contribution in [0.2, 0.25) is 0 Å². The summed E-state index contributed by atoms with van der Waals surface area (Å²) in [5, 5.41) is 5.74. The van der Waals surface area contributed by atoms with Gasteiger partial charge in [-0.25, -0.2) is 0 Å². The molecule has 1 aliphatic rings. The van der Waals surface area contributed by atoms with Gasteiger partial charge in [-0.05, 0) is 37.4 Å². The summed E-state index contributed by atoms with van der Waals surface area (Å²) in [6, 6.07) is 4.93. The Hall–Kier alpha value is -1.76. The molecule has 0 bridgehead atoms. The summed E-state index contributed by atoms with van der Waals surface area (Å²) in [6.45, 7) is 2.74. The van der Waals surface area contributed by atoms with Crippen LogP contribution < -0.4 is 15.4 Å². The molecule has 0 aromatic heterocycles. The van der Waals surface area contributed by atoms with E-state index >= 15 is 0 Å². The molecule has 1 aliphatic heterocycles. The standard InChI is InChI=1S/C14H17F3N2O2/c1-9-4-3-7-18-12(9)13(20)19-10-5-2-6-11(8-10)21-14(15,16)17/h2,5-6,8-9,12,18H,3-4,7H2,1H3,(H,19,20). The Morgan fingerprint density at radius 2 is 2.19 bits per heavy atom. The molecule has 1 saturated heterocycles. The molecule has 2 unspecified atom stereocenters. The maximum absolute atomic E-state index is 12.2. The highest BCUT2D eigenvalue weighted by atomic mass is 19.4. The van der Waals surface area contributed by atoms with Crippen molar-refractivity contribution in [3.63, 3.8) is 0 Å². The van der Waals surface area contributed by atoms with E-state index in [9.17, 15) is 18.0 Å². The number of alkyl halides is 3. The van der Waals surface area contributed by atoms with Crippen molar-refractivity contribution in [3.8, 4) is 5.75 Å². The highest BCUT2D eigenvalue weighted by Gasteiger charge is 2.31. The lowest BCUT2D eigenvalue weighted by Gasteiger charge is -2.28. The second-order valence-electron chi connectivity index (χ2n) is 5.12. The maximum atomic E-state index is 12.2. The van der Waals surface area contributed by atoms with Crippen molar-refractivity contribution in [1.82, 2.24) is 5.32 Å². The zero-order chi connectivity index (χ0) is 15.5. The smallest absolute Gasteiger partial charge is 0.406 e. The van der Waals surface area contributed by atoms with Crippen LogP contribution in [0.15, 0.2) is 24.3 Å². The molecule has 1 aromatic rings. The van der Waals surface area contributed by atoms with E-state index in [1.54, 1.807) is 0 Å². The fourth-order valence-corrected chi connectivity index (χ4v) is 2.39. The van der Waals surface area contributed by atoms with Gasteiger partial charge >= 0.3 is 6.36 Å². The molecule has 1 fully saturated rings. The molecule has 0 aliphatic carbocycles. The molecule has 0 radical (unpaired) electrons. The van der Waals surface area contributed by atoms with Gasteiger partial charge in [0, 0.05) is 11.8 Å². The number of amides is 1. The molecular formula is C14H17F3N2O2. The van der Waals surface area contributed by atoms with Crippen LogP contribution in [0.4, 0.5) is 18.9 Å². The maximum Gasteiger partial charge on any atom is 0.573 e. The van der Waals surface area contributed by atoms with Gasteiger partial charge in [0.25, 0.3) is 0 Å². The lowest BCUT2D eigenvalue weighted by Crippen LogP contribution is -2.48. The quantitative estimate of drug-likeness (QED) is 0.902. The summed E-state index contributed by atoms with van der Waals surface area (Å²) in [5.74, 6) is -0.412. The van der Waals surface area contributed by atoms with Crippen molar-refractivity contribution >= 4 is 11.6 Å². The zero-order valence-corrected chi connectivity index (χ0v) is 11.5. The minimum absolute atomic E-state index is 0.188. The predicted molar refractivity (Wildman–Crippen MR) is 71.9 cm³/mol. The van der Waals surface area contributed by atoms with Crippen LogP contribution in [0.1, 0.15) is 19.8 Å². The number of nitrogens with one attached hydrogen (secondary N) is 2. The summed E-state index contributed by atoms with van der Waals surface area (Å²) in [5.41, 5.74) is 0.279. The molecule has 116 valence electrons. The van der Waals surface area contributed by atoms with Crippen molar-refractivity contribution in [1.29, 1.82) is 0 Å². The third-order valence-electron chi connectivity index (χ3n) is 3.39. The molecule has 1 amide bonds. The molecule has 2 N–H and O–H groups in total. The SMILES string of the molecule is CC1CCCNC1C(=O)Nc1cccc(OC(F)(F)F)c1. The summed E-state index contributed by atoms with van der Waals surface area (Å²) in [6.07, 6.45) is -2.79. The van der Waals surface area contributed by atoms with E-state index in [0.717, 1.165) is 25.5 Å². The Morgan fingerprint density at radius 3 is 2.86 bits per heavy atom. The number of carbonyl (C=O) groups excluding carboxylic acids is 1. The molecule has 1 heterocycles. The molecule has 7 heteroatoms. The minimum atomic E-state index is -4.75. The predicted octanol–water partition coefficient (Wildman–Crippen LogP) is 2.91. The number of piperidine rings is 1. The molecule has 21 heavy (non-hydrogen) atoms. The average Bonchev–Trinajstić information content (AvgIpc) is 2.37. The van der Waals surface area contributed by atoms with Crippen molar-refractivity contribution in [2.75, 3.05) is 11.9 Å². The van der Waals surface area contributed by atoms with Gasteiger partial charge in [0.15, 0.2) is 0 Å². The number of benzene rings is 1. The van der Waals surface area contributed by atoms with Gasteiger partial charge in [-0.1, -0.05) is 13.0 Å².